The van der Waals surface area contributed by atoms with Gasteiger partial charge in [0, 0.05) is 5.57 Å². The molecule has 0 aliphatic carbocycles. The first-order valence-electron chi connectivity index (χ1n) is 3.20. The van der Waals surface area contributed by atoms with Gasteiger partial charge in [0.1, 0.15) is 6.61 Å². The fourth-order valence-corrected chi connectivity index (χ4v) is 0.867. The van der Waals surface area contributed by atoms with E-state index in [1.165, 1.54) is 0 Å². The average molecular weight is 126 g/mol. The fourth-order valence-electron chi connectivity index (χ4n) is 0.867. The van der Waals surface area contributed by atoms with E-state index in [-0.39, 0.29) is 5.97 Å². The molecule has 0 saturated carbocycles. The van der Waals surface area contributed by atoms with Crippen LogP contribution in [0.25, 0.3) is 0 Å². The molecule has 0 bridgehead atoms. The lowest BCUT2D eigenvalue weighted by Gasteiger charge is -1.93. The number of ether oxygens (including phenoxy) is 1. The van der Waals surface area contributed by atoms with Crippen LogP contribution in [0.2, 0.25) is 0 Å². The van der Waals surface area contributed by atoms with Crippen LogP contribution in [0.1, 0.15) is 19.8 Å². The van der Waals surface area contributed by atoms with Crippen LogP contribution in [-0.4, -0.2) is 12.6 Å². The van der Waals surface area contributed by atoms with Crippen molar-refractivity contribution in [1.29, 1.82) is 0 Å². The van der Waals surface area contributed by atoms with Gasteiger partial charge in [0.05, 0.1) is 0 Å². The number of cyclic esters (lactones) is 1. The first-order valence-corrected chi connectivity index (χ1v) is 3.20. The van der Waals surface area contributed by atoms with Crippen molar-refractivity contribution in [3.63, 3.8) is 0 Å². The third-order valence-electron chi connectivity index (χ3n) is 1.33. The Balaban J connectivity index is 2.47. The third-order valence-corrected chi connectivity index (χ3v) is 1.33. The van der Waals surface area contributed by atoms with Crippen LogP contribution in [0.5, 0.6) is 0 Å². The van der Waals surface area contributed by atoms with Crippen molar-refractivity contribution >= 4 is 5.97 Å². The summed E-state index contributed by atoms with van der Waals surface area (Å²) in [5, 5.41) is 0. The van der Waals surface area contributed by atoms with Crippen LogP contribution in [0.4, 0.5) is 0 Å². The van der Waals surface area contributed by atoms with Gasteiger partial charge in [-0.25, -0.2) is 4.79 Å². The number of rotatable bonds is 2. The van der Waals surface area contributed by atoms with Gasteiger partial charge in [-0.3, -0.25) is 0 Å². The van der Waals surface area contributed by atoms with Gasteiger partial charge in [0.25, 0.3) is 0 Å². The molecule has 0 amide bonds. The minimum Gasteiger partial charge on any atom is -0.458 e. The smallest absolute Gasteiger partial charge is 0.334 e. The molecule has 0 spiro atoms. The number of hydrogen-bond donors (Lipinski definition) is 0. The Morgan fingerprint density at radius 3 is 3.00 bits per heavy atom. The lowest BCUT2D eigenvalue weighted by atomic mass is 10.2. The minimum absolute atomic E-state index is 0.128. The van der Waals surface area contributed by atoms with E-state index >= 15 is 0 Å². The van der Waals surface area contributed by atoms with Crippen LogP contribution < -0.4 is 0 Å². The topological polar surface area (TPSA) is 26.3 Å². The summed E-state index contributed by atoms with van der Waals surface area (Å²) in [7, 11) is 0. The molecule has 0 radical (unpaired) electrons. The number of hydrogen-bond acceptors (Lipinski definition) is 2. The fraction of sp³-hybridized carbons (Fsp3) is 0.571. The summed E-state index contributed by atoms with van der Waals surface area (Å²) in [5.74, 6) is -0.128. The zero-order chi connectivity index (χ0) is 6.69. The maximum absolute atomic E-state index is 10.7. The Hall–Kier alpha value is -0.790. The van der Waals surface area contributed by atoms with E-state index in [2.05, 4.69) is 4.74 Å². The van der Waals surface area contributed by atoms with Gasteiger partial charge in [-0.2, -0.15) is 0 Å². The summed E-state index contributed by atoms with van der Waals surface area (Å²) >= 11 is 0. The largest absolute Gasteiger partial charge is 0.458 e. The van der Waals surface area contributed by atoms with Crippen molar-refractivity contribution in [2.45, 2.75) is 19.8 Å². The van der Waals surface area contributed by atoms with E-state index in [1.807, 2.05) is 13.0 Å². The normalized spacial score (nSPS) is 17.4. The Morgan fingerprint density at radius 1 is 1.78 bits per heavy atom. The van der Waals surface area contributed by atoms with Gasteiger partial charge in [-0.1, -0.05) is 13.3 Å². The highest BCUT2D eigenvalue weighted by Gasteiger charge is 2.14. The minimum atomic E-state index is -0.128. The van der Waals surface area contributed by atoms with Crippen molar-refractivity contribution in [3.8, 4) is 0 Å². The standard InChI is InChI=1S/C7H10O2/c1-2-3-6-4-5-9-7(6)8/h4H,2-3,5H2,1H3. The molecule has 1 aliphatic heterocycles. The average Bonchev–Trinajstić information content (AvgIpc) is 2.18. The second-order valence-corrected chi connectivity index (χ2v) is 2.08. The highest BCUT2D eigenvalue weighted by atomic mass is 16.5. The monoisotopic (exact) mass is 126 g/mol. The lowest BCUT2D eigenvalue weighted by Crippen LogP contribution is -1.98. The molecule has 0 aromatic carbocycles. The van der Waals surface area contributed by atoms with Gasteiger partial charge < -0.3 is 4.74 Å². The number of carbonyl (C=O) groups excluding carboxylic acids is 1. The quantitative estimate of drug-likeness (QED) is 0.521. The zero-order valence-electron chi connectivity index (χ0n) is 5.52. The van der Waals surface area contributed by atoms with Crippen LogP contribution in [0.15, 0.2) is 11.6 Å². The van der Waals surface area contributed by atoms with Crippen LogP contribution in [0.3, 0.4) is 0 Å². The molecular weight excluding hydrogens is 116 g/mol. The molecule has 1 aliphatic rings. The molecule has 0 N–H and O–H groups in total. The van der Waals surface area contributed by atoms with Gasteiger partial charge >= 0.3 is 5.97 Å². The molecule has 0 unspecified atom stereocenters. The molecule has 0 fully saturated rings. The van der Waals surface area contributed by atoms with E-state index in [9.17, 15) is 4.79 Å². The van der Waals surface area contributed by atoms with E-state index in [0.29, 0.717) is 6.61 Å². The Morgan fingerprint density at radius 2 is 2.56 bits per heavy atom. The number of esters is 1. The first kappa shape index (κ1) is 6.33. The van der Waals surface area contributed by atoms with Crippen molar-refractivity contribution in [2.24, 2.45) is 0 Å². The summed E-state index contributed by atoms with van der Waals surface area (Å²) in [5.41, 5.74) is 0.845. The van der Waals surface area contributed by atoms with Gasteiger partial charge in [-0.15, -0.1) is 0 Å². The predicted molar refractivity (Wildman–Crippen MR) is 33.9 cm³/mol. The molecule has 50 valence electrons. The predicted octanol–water partition coefficient (Wildman–Crippen LogP) is 1.27. The van der Waals surface area contributed by atoms with E-state index in [1.54, 1.807) is 0 Å². The van der Waals surface area contributed by atoms with Crippen molar-refractivity contribution in [1.82, 2.24) is 0 Å². The number of carbonyl (C=O) groups is 1. The summed E-state index contributed by atoms with van der Waals surface area (Å²) in [6.45, 7) is 2.53. The Kier molecular flexibility index (Phi) is 1.88. The van der Waals surface area contributed by atoms with Gasteiger partial charge in [0.2, 0.25) is 0 Å². The molecule has 0 aromatic rings. The first-order chi connectivity index (χ1) is 4.34. The maximum atomic E-state index is 10.7. The maximum Gasteiger partial charge on any atom is 0.334 e. The second kappa shape index (κ2) is 2.67. The molecule has 2 heteroatoms. The zero-order valence-corrected chi connectivity index (χ0v) is 5.52. The Bertz CT molecular complexity index is 147. The van der Waals surface area contributed by atoms with Gasteiger partial charge in [-0.05, 0) is 12.5 Å². The van der Waals surface area contributed by atoms with Gasteiger partial charge in [0.15, 0.2) is 0 Å². The molecule has 9 heavy (non-hydrogen) atoms. The van der Waals surface area contributed by atoms with Crippen molar-refractivity contribution in [2.75, 3.05) is 6.61 Å². The van der Waals surface area contributed by atoms with Crippen LogP contribution in [-0.2, 0) is 9.53 Å². The van der Waals surface area contributed by atoms with Crippen LogP contribution >= 0.6 is 0 Å². The second-order valence-electron chi connectivity index (χ2n) is 2.08. The summed E-state index contributed by atoms with van der Waals surface area (Å²) in [6, 6.07) is 0. The molecule has 0 saturated heterocycles. The van der Waals surface area contributed by atoms with E-state index < -0.39 is 0 Å². The SMILES string of the molecule is CCCC1=CCOC1=O. The molecule has 2 nitrogen and oxygen atoms in total. The van der Waals surface area contributed by atoms with Crippen LogP contribution in [0, 0.1) is 0 Å². The summed E-state index contributed by atoms with van der Waals surface area (Å²) < 4.78 is 4.69. The molecule has 0 aromatic heterocycles. The van der Waals surface area contributed by atoms with E-state index in [0.717, 1.165) is 18.4 Å². The molecule has 1 rings (SSSR count). The summed E-state index contributed by atoms with van der Waals surface area (Å²) in [4.78, 5) is 10.7. The highest BCUT2D eigenvalue weighted by molar-refractivity contribution is 5.90. The molecular formula is C7H10O2. The van der Waals surface area contributed by atoms with Crippen molar-refractivity contribution < 1.29 is 9.53 Å². The highest BCUT2D eigenvalue weighted by Crippen LogP contribution is 2.11. The third kappa shape index (κ3) is 1.31. The lowest BCUT2D eigenvalue weighted by molar-refractivity contribution is -0.136. The molecule has 1 heterocycles. The van der Waals surface area contributed by atoms with Crippen molar-refractivity contribution in [3.05, 3.63) is 11.6 Å². The Labute approximate surface area is 54.5 Å². The van der Waals surface area contributed by atoms with E-state index in [4.69, 9.17) is 0 Å². The molecule has 0 atom stereocenters. The summed E-state index contributed by atoms with van der Waals surface area (Å²) in [6.07, 6.45) is 3.73.